The molecule has 1 aliphatic rings. The van der Waals surface area contributed by atoms with Crippen LogP contribution in [0, 0.1) is 10.1 Å². The third kappa shape index (κ3) is 6.61. The number of ether oxygens (including phenoxy) is 3. The molecule has 12 heteroatoms. The summed E-state index contributed by atoms with van der Waals surface area (Å²) in [6, 6.07) is 16.7. The molecule has 1 N–H and O–H groups in total. The Morgan fingerprint density at radius 3 is 2.56 bits per heavy atom. The van der Waals surface area contributed by atoms with Gasteiger partial charge in [-0.15, -0.1) is 5.10 Å². The summed E-state index contributed by atoms with van der Waals surface area (Å²) in [7, 11) is 3.29. The number of aromatic nitrogens is 3. The smallest absolute Gasteiger partial charge is 0.271 e. The third-order valence-electron chi connectivity index (χ3n) is 6.85. The monoisotopic (exact) mass is 558 g/mol. The minimum atomic E-state index is -0.513. The van der Waals surface area contributed by atoms with Crippen LogP contribution in [0.15, 0.2) is 66.9 Å². The normalized spacial score (nSPS) is 12.8. The number of methoxy groups -OCH3 is 2. The number of nitrogens with zero attached hydrogens (tertiary/aromatic N) is 5. The van der Waals surface area contributed by atoms with Gasteiger partial charge in [-0.1, -0.05) is 23.4 Å². The van der Waals surface area contributed by atoms with Crippen molar-refractivity contribution in [2.45, 2.75) is 26.1 Å². The SMILES string of the molecule is COc1cc2c(cc1OC)CN(CCn1cc(COc3ccccc3C(=O)Nc3cccc([N+](=O)[O-])c3)nn1)CC2. The Kier molecular flexibility index (Phi) is 8.39. The van der Waals surface area contributed by atoms with Crippen molar-refractivity contribution >= 4 is 17.3 Å². The van der Waals surface area contributed by atoms with Crippen molar-refractivity contribution in [2.24, 2.45) is 0 Å². The van der Waals surface area contributed by atoms with Gasteiger partial charge in [0.2, 0.25) is 0 Å². The van der Waals surface area contributed by atoms with E-state index in [9.17, 15) is 14.9 Å². The van der Waals surface area contributed by atoms with Gasteiger partial charge in [-0.25, -0.2) is 0 Å². The molecule has 0 atom stereocenters. The average molecular weight is 559 g/mol. The summed E-state index contributed by atoms with van der Waals surface area (Å²) < 4.78 is 18.6. The van der Waals surface area contributed by atoms with Crippen molar-refractivity contribution in [1.82, 2.24) is 19.9 Å². The third-order valence-corrected chi connectivity index (χ3v) is 6.85. The number of benzene rings is 3. The van der Waals surface area contributed by atoms with Crippen molar-refractivity contribution in [2.75, 3.05) is 32.6 Å². The Hall–Kier alpha value is -4.97. The summed E-state index contributed by atoms with van der Waals surface area (Å²) in [6.45, 7) is 3.34. The fraction of sp³-hybridized carbons (Fsp3) is 0.276. The number of hydrogen-bond donors (Lipinski definition) is 1. The Bertz CT molecular complexity index is 1550. The molecule has 0 bridgehead atoms. The molecule has 12 nitrogen and oxygen atoms in total. The molecule has 4 aromatic rings. The molecule has 5 rings (SSSR count). The van der Waals surface area contributed by atoms with Crippen molar-refractivity contribution in [3.63, 3.8) is 0 Å². The molecule has 212 valence electrons. The molecule has 0 unspecified atom stereocenters. The Morgan fingerprint density at radius 1 is 1.00 bits per heavy atom. The summed E-state index contributed by atoms with van der Waals surface area (Å²) in [5, 5.41) is 22.2. The number of carbonyl (C=O) groups excluding carboxylic acids is 1. The van der Waals surface area contributed by atoms with Gasteiger partial charge in [0.25, 0.3) is 11.6 Å². The quantitative estimate of drug-likeness (QED) is 0.213. The number of rotatable bonds is 11. The molecule has 0 fully saturated rings. The number of nitrogens with one attached hydrogen (secondary N) is 1. The van der Waals surface area contributed by atoms with Crippen molar-refractivity contribution < 1.29 is 23.9 Å². The van der Waals surface area contributed by atoms with E-state index in [0.29, 0.717) is 29.2 Å². The van der Waals surface area contributed by atoms with Gasteiger partial charge in [-0.05, 0) is 47.9 Å². The lowest BCUT2D eigenvalue weighted by atomic mass is 9.99. The first kappa shape index (κ1) is 27.6. The molecule has 41 heavy (non-hydrogen) atoms. The molecule has 1 aromatic heterocycles. The second-order valence-corrected chi connectivity index (χ2v) is 9.52. The predicted molar refractivity (Wildman–Crippen MR) is 150 cm³/mol. The number of anilines is 1. The van der Waals surface area contributed by atoms with Crippen LogP contribution in [0.3, 0.4) is 0 Å². The van der Waals surface area contributed by atoms with Gasteiger partial charge >= 0.3 is 0 Å². The largest absolute Gasteiger partial charge is 0.493 e. The first-order valence-electron chi connectivity index (χ1n) is 13.1. The second kappa shape index (κ2) is 12.5. The van der Waals surface area contributed by atoms with E-state index in [-0.39, 0.29) is 12.3 Å². The molecule has 0 aliphatic carbocycles. The van der Waals surface area contributed by atoms with E-state index in [1.807, 2.05) is 12.3 Å². The number of carbonyl (C=O) groups is 1. The van der Waals surface area contributed by atoms with Gasteiger partial charge in [0.15, 0.2) is 11.5 Å². The minimum absolute atomic E-state index is 0.110. The van der Waals surface area contributed by atoms with Crippen molar-refractivity contribution in [3.05, 3.63) is 99.4 Å². The molecule has 0 saturated heterocycles. The lowest BCUT2D eigenvalue weighted by Gasteiger charge is -2.29. The standard InChI is InChI=1S/C29H30N6O6/c1-39-27-14-20-10-11-33(17-21(20)15-28(27)40-2)12-13-34-18-23(31-32-34)19-41-26-9-4-3-8-25(26)29(36)30-22-6-5-7-24(16-22)35(37)38/h3-9,14-16,18H,10-13,17,19H2,1-2H3,(H,30,36). The Balaban J connectivity index is 1.16. The summed E-state index contributed by atoms with van der Waals surface area (Å²) in [4.78, 5) is 25.8. The number of hydrogen-bond acceptors (Lipinski definition) is 9. The Morgan fingerprint density at radius 2 is 1.78 bits per heavy atom. The molecular formula is C29H30N6O6. The van der Waals surface area contributed by atoms with Gasteiger partial charge in [-0.2, -0.15) is 0 Å². The van der Waals surface area contributed by atoms with E-state index in [2.05, 4.69) is 26.6 Å². The molecule has 3 aromatic carbocycles. The van der Waals surface area contributed by atoms with Crippen LogP contribution >= 0.6 is 0 Å². The molecule has 1 aliphatic heterocycles. The number of nitro benzene ring substituents is 1. The van der Waals surface area contributed by atoms with Crippen LogP contribution in [0.5, 0.6) is 17.2 Å². The Labute approximate surface area is 236 Å². The van der Waals surface area contributed by atoms with Crippen LogP contribution in [-0.4, -0.2) is 58.0 Å². The number of para-hydroxylation sites is 1. The highest BCUT2D eigenvalue weighted by atomic mass is 16.6. The first-order valence-corrected chi connectivity index (χ1v) is 13.1. The molecule has 0 radical (unpaired) electrons. The average Bonchev–Trinajstić information content (AvgIpc) is 3.46. The lowest BCUT2D eigenvalue weighted by molar-refractivity contribution is -0.384. The van der Waals surface area contributed by atoms with E-state index in [4.69, 9.17) is 14.2 Å². The lowest BCUT2D eigenvalue weighted by Crippen LogP contribution is -2.33. The first-order chi connectivity index (χ1) is 19.9. The van der Waals surface area contributed by atoms with Crippen LogP contribution in [0.4, 0.5) is 11.4 Å². The second-order valence-electron chi connectivity index (χ2n) is 9.52. The maximum atomic E-state index is 12.9. The van der Waals surface area contributed by atoms with Gasteiger partial charge in [-0.3, -0.25) is 24.5 Å². The van der Waals surface area contributed by atoms with E-state index < -0.39 is 10.8 Å². The highest BCUT2D eigenvalue weighted by molar-refractivity contribution is 6.06. The van der Waals surface area contributed by atoms with Crippen LogP contribution in [-0.2, 0) is 26.1 Å². The topological polar surface area (TPSA) is 134 Å². The predicted octanol–water partition coefficient (Wildman–Crippen LogP) is 4.09. The maximum Gasteiger partial charge on any atom is 0.271 e. The molecule has 0 saturated carbocycles. The van der Waals surface area contributed by atoms with Gasteiger partial charge in [0, 0.05) is 37.5 Å². The number of fused-ring (bicyclic) bond motifs is 1. The van der Waals surface area contributed by atoms with Crippen LogP contribution in [0.1, 0.15) is 27.2 Å². The highest BCUT2D eigenvalue weighted by Gasteiger charge is 2.20. The maximum absolute atomic E-state index is 12.9. The molecule has 1 amide bonds. The van der Waals surface area contributed by atoms with Gasteiger partial charge in [0.05, 0.1) is 37.4 Å². The van der Waals surface area contributed by atoms with Gasteiger partial charge in [0.1, 0.15) is 18.1 Å². The molecular weight excluding hydrogens is 528 g/mol. The summed E-state index contributed by atoms with van der Waals surface area (Å²) in [6.07, 6.45) is 2.76. The zero-order chi connectivity index (χ0) is 28.8. The van der Waals surface area contributed by atoms with E-state index in [1.54, 1.807) is 49.2 Å². The zero-order valence-electron chi connectivity index (χ0n) is 22.8. The summed E-state index contributed by atoms with van der Waals surface area (Å²) in [5.74, 6) is 1.41. The number of non-ortho nitro benzene ring substituents is 1. The van der Waals surface area contributed by atoms with E-state index >= 15 is 0 Å². The van der Waals surface area contributed by atoms with Gasteiger partial charge < -0.3 is 19.5 Å². The summed E-state index contributed by atoms with van der Waals surface area (Å²) >= 11 is 0. The fourth-order valence-corrected chi connectivity index (χ4v) is 4.72. The summed E-state index contributed by atoms with van der Waals surface area (Å²) in [5.41, 5.74) is 3.64. The zero-order valence-corrected chi connectivity index (χ0v) is 22.8. The van der Waals surface area contributed by atoms with Crippen molar-refractivity contribution in [1.29, 1.82) is 0 Å². The number of amides is 1. The van der Waals surface area contributed by atoms with Crippen LogP contribution < -0.4 is 19.5 Å². The van der Waals surface area contributed by atoms with E-state index in [1.165, 1.54) is 29.3 Å². The van der Waals surface area contributed by atoms with Crippen LogP contribution in [0.25, 0.3) is 0 Å². The highest BCUT2D eigenvalue weighted by Crippen LogP contribution is 2.33. The minimum Gasteiger partial charge on any atom is -0.493 e. The number of nitro groups is 1. The van der Waals surface area contributed by atoms with Crippen LogP contribution in [0.2, 0.25) is 0 Å². The molecule has 2 heterocycles. The van der Waals surface area contributed by atoms with Crippen molar-refractivity contribution in [3.8, 4) is 17.2 Å². The van der Waals surface area contributed by atoms with E-state index in [0.717, 1.165) is 37.6 Å². The fourth-order valence-electron chi connectivity index (χ4n) is 4.72. The molecule has 0 spiro atoms.